The van der Waals surface area contributed by atoms with Gasteiger partial charge < -0.3 is 20.9 Å². The van der Waals surface area contributed by atoms with Crippen molar-refractivity contribution in [3.05, 3.63) is 0 Å². The summed E-state index contributed by atoms with van der Waals surface area (Å²) >= 11 is 0. The van der Waals surface area contributed by atoms with E-state index < -0.39 is 18.1 Å². The van der Waals surface area contributed by atoms with Crippen molar-refractivity contribution in [2.24, 2.45) is 11.7 Å². The average Bonchev–Trinajstić information content (AvgIpc) is 2.50. The predicted molar refractivity (Wildman–Crippen MR) is 88.5 cm³/mol. The smallest absolute Gasteiger partial charge is 0.246 e. The second kappa shape index (κ2) is 8.29. The summed E-state index contributed by atoms with van der Waals surface area (Å²) < 4.78 is 0. The Kier molecular flexibility index (Phi) is 7.00. The lowest BCUT2D eigenvalue weighted by molar-refractivity contribution is -0.149. The third-order valence-corrected chi connectivity index (χ3v) is 4.52. The fourth-order valence-electron chi connectivity index (χ4n) is 2.84. The number of rotatable bonds is 1. The van der Waals surface area contributed by atoms with Gasteiger partial charge in [0, 0.05) is 20.6 Å². The fourth-order valence-corrected chi connectivity index (χ4v) is 2.84. The first kappa shape index (κ1) is 19.4. The largest absolute Gasteiger partial charge is 0.354 e. The number of nitrogens with one attached hydrogen (secondary N) is 1. The van der Waals surface area contributed by atoms with Crippen molar-refractivity contribution < 1.29 is 14.4 Å². The lowest BCUT2D eigenvalue weighted by atomic mass is 9.99. The summed E-state index contributed by atoms with van der Waals surface area (Å²) in [7, 11) is 3.21. The number of carbonyl (C=O) groups excluding carboxylic acids is 3. The molecule has 1 aliphatic heterocycles. The molecule has 1 fully saturated rings. The first-order valence-corrected chi connectivity index (χ1v) is 8.25. The highest BCUT2D eigenvalue weighted by Crippen LogP contribution is 2.16. The Morgan fingerprint density at radius 3 is 2.26 bits per heavy atom. The Balaban J connectivity index is 3.12. The molecular weight excluding hydrogens is 296 g/mol. The maximum absolute atomic E-state index is 12.8. The van der Waals surface area contributed by atoms with Crippen LogP contribution in [0.25, 0.3) is 0 Å². The molecule has 132 valence electrons. The van der Waals surface area contributed by atoms with Gasteiger partial charge in [-0.05, 0) is 32.1 Å². The molecule has 7 heteroatoms. The second-order valence-corrected chi connectivity index (χ2v) is 6.66. The normalized spacial score (nSPS) is 29.0. The average molecular weight is 326 g/mol. The summed E-state index contributed by atoms with van der Waals surface area (Å²) in [6, 6.07) is -1.83. The minimum absolute atomic E-state index is 0.0773. The third kappa shape index (κ3) is 4.67. The van der Waals surface area contributed by atoms with E-state index in [1.165, 1.54) is 9.80 Å². The van der Waals surface area contributed by atoms with E-state index in [0.717, 1.165) is 12.8 Å². The molecule has 3 N–H and O–H groups in total. The minimum Gasteiger partial charge on any atom is -0.354 e. The van der Waals surface area contributed by atoms with Crippen LogP contribution in [-0.4, -0.2) is 66.3 Å². The van der Waals surface area contributed by atoms with Crippen LogP contribution in [0.2, 0.25) is 0 Å². The maximum Gasteiger partial charge on any atom is 0.246 e. The van der Waals surface area contributed by atoms with Gasteiger partial charge in [0.2, 0.25) is 17.7 Å². The van der Waals surface area contributed by atoms with E-state index in [1.807, 2.05) is 13.8 Å². The molecule has 7 nitrogen and oxygen atoms in total. The molecule has 1 rings (SSSR count). The lowest BCUT2D eigenvalue weighted by Crippen LogP contribution is -2.57. The summed E-state index contributed by atoms with van der Waals surface area (Å²) in [5.74, 6) is -0.728. The molecule has 0 aromatic heterocycles. The molecule has 0 aromatic carbocycles. The van der Waals surface area contributed by atoms with Gasteiger partial charge in [0.25, 0.3) is 0 Å². The van der Waals surface area contributed by atoms with Gasteiger partial charge in [-0.3, -0.25) is 14.4 Å². The highest BCUT2D eigenvalue weighted by atomic mass is 16.2. The van der Waals surface area contributed by atoms with Crippen LogP contribution >= 0.6 is 0 Å². The molecule has 1 saturated heterocycles. The van der Waals surface area contributed by atoms with Gasteiger partial charge in [-0.2, -0.15) is 0 Å². The number of nitrogens with zero attached hydrogens (tertiary/aromatic N) is 2. The van der Waals surface area contributed by atoms with Gasteiger partial charge in [0.1, 0.15) is 12.1 Å². The summed E-state index contributed by atoms with van der Waals surface area (Å²) in [5, 5.41) is 2.83. The van der Waals surface area contributed by atoms with E-state index in [2.05, 4.69) is 5.32 Å². The molecule has 1 heterocycles. The van der Waals surface area contributed by atoms with E-state index in [1.54, 1.807) is 21.0 Å². The molecule has 3 atom stereocenters. The Labute approximate surface area is 138 Å². The molecule has 0 bridgehead atoms. The zero-order valence-electron chi connectivity index (χ0n) is 14.8. The molecule has 0 saturated carbocycles. The van der Waals surface area contributed by atoms with E-state index in [0.29, 0.717) is 13.0 Å². The van der Waals surface area contributed by atoms with E-state index in [9.17, 15) is 14.4 Å². The molecule has 0 unspecified atom stereocenters. The topological polar surface area (TPSA) is 95.7 Å². The van der Waals surface area contributed by atoms with Gasteiger partial charge in [-0.1, -0.05) is 13.8 Å². The summed E-state index contributed by atoms with van der Waals surface area (Å²) in [6.45, 7) is 5.98. The number of hydrogen-bond acceptors (Lipinski definition) is 4. The molecular formula is C16H30N4O3. The van der Waals surface area contributed by atoms with Gasteiger partial charge in [0.05, 0.1) is 6.04 Å². The molecule has 0 spiro atoms. The summed E-state index contributed by atoms with van der Waals surface area (Å²) in [6.07, 6.45) is 2.06. The third-order valence-electron chi connectivity index (χ3n) is 4.52. The minimum atomic E-state index is -0.630. The van der Waals surface area contributed by atoms with Crippen molar-refractivity contribution in [3.8, 4) is 0 Å². The first-order chi connectivity index (χ1) is 10.7. The predicted octanol–water partition coefficient (Wildman–Crippen LogP) is -0.0563. The van der Waals surface area contributed by atoms with Crippen LogP contribution in [0, 0.1) is 5.92 Å². The van der Waals surface area contributed by atoms with E-state index >= 15 is 0 Å². The molecule has 0 aromatic rings. The number of nitrogens with two attached hydrogens (primary N) is 1. The van der Waals surface area contributed by atoms with Crippen molar-refractivity contribution in [2.75, 3.05) is 20.6 Å². The van der Waals surface area contributed by atoms with Crippen molar-refractivity contribution >= 4 is 17.7 Å². The number of likely N-dealkylation sites (N-methyl/N-ethyl adjacent to an activating group) is 2. The van der Waals surface area contributed by atoms with Gasteiger partial charge in [-0.25, -0.2) is 0 Å². The second-order valence-electron chi connectivity index (χ2n) is 6.66. The van der Waals surface area contributed by atoms with Gasteiger partial charge in [-0.15, -0.1) is 0 Å². The van der Waals surface area contributed by atoms with Gasteiger partial charge >= 0.3 is 0 Å². The van der Waals surface area contributed by atoms with E-state index in [-0.39, 0.29) is 23.6 Å². The summed E-state index contributed by atoms with van der Waals surface area (Å²) in [4.78, 5) is 40.3. The van der Waals surface area contributed by atoms with Crippen LogP contribution in [0.5, 0.6) is 0 Å². The molecule has 0 aliphatic carbocycles. The summed E-state index contributed by atoms with van der Waals surface area (Å²) in [5.41, 5.74) is 5.98. The zero-order valence-corrected chi connectivity index (χ0v) is 14.8. The SMILES string of the molecule is CC(C)[C@@H]1C(=O)N(C)[C@@H](C)C(=O)NCCCC[C@H](N)C(=O)N1C. The van der Waals surface area contributed by atoms with Crippen LogP contribution in [-0.2, 0) is 14.4 Å². The number of hydrogen-bond donors (Lipinski definition) is 2. The highest BCUT2D eigenvalue weighted by molar-refractivity contribution is 5.92. The fraction of sp³-hybridized carbons (Fsp3) is 0.812. The number of amides is 3. The van der Waals surface area contributed by atoms with E-state index in [4.69, 9.17) is 5.73 Å². The quantitative estimate of drug-likeness (QED) is 0.706. The molecule has 0 radical (unpaired) electrons. The van der Waals surface area contributed by atoms with Crippen LogP contribution < -0.4 is 11.1 Å². The Bertz CT molecular complexity index is 453. The van der Waals surface area contributed by atoms with Crippen molar-refractivity contribution in [1.29, 1.82) is 0 Å². The zero-order chi connectivity index (χ0) is 17.7. The van der Waals surface area contributed by atoms with Crippen molar-refractivity contribution in [2.45, 2.75) is 58.2 Å². The van der Waals surface area contributed by atoms with Crippen molar-refractivity contribution in [1.82, 2.24) is 15.1 Å². The monoisotopic (exact) mass is 326 g/mol. The Hall–Kier alpha value is -1.63. The number of carbonyl (C=O) groups is 3. The standard InChI is InChI=1S/C16H30N4O3/c1-10(2)13-16(23)19(4)11(3)14(21)18-9-7-6-8-12(17)15(22)20(13)5/h10-13H,6-9,17H2,1-5H3,(H,18,21)/t11-,12-,13+/m0/s1. The molecule has 3 amide bonds. The van der Waals surface area contributed by atoms with Crippen LogP contribution in [0.1, 0.15) is 40.0 Å². The lowest BCUT2D eigenvalue weighted by Gasteiger charge is -2.36. The van der Waals surface area contributed by atoms with Crippen LogP contribution in [0.4, 0.5) is 0 Å². The Morgan fingerprint density at radius 2 is 1.70 bits per heavy atom. The van der Waals surface area contributed by atoms with Crippen LogP contribution in [0.15, 0.2) is 0 Å². The first-order valence-electron chi connectivity index (χ1n) is 8.25. The van der Waals surface area contributed by atoms with Gasteiger partial charge in [0.15, 0.2) is 0 Å². The van der Waals surface area contributed by atoms with Crippen molar-refractivity contribution in [3.63, 3.8) is 0 Å². The Morgan fingerprint density at radius 1 is 1.09 bits per heavy atom. The molecule has 1 aliphatic rings. The maximum atomic E-state index is 12.8. The van der Waals surface area contributed by atoms with Crippen LogP contribution in [0.3, 0.4) is 0 Å². The molecule has 23 heavy (non-hydrogen) atoms. The highest BCUT2D eigenvalue weighted by Gasteiger charge is 2.36.